The third-order valence-corrected chi connectivity index (χ3v) is 4.61. The molecule has 0 aliphatic rings. The number of ether oxygens (including phenoxy) is 1. The summed E-state index contributed by atoms with van der Waals surface area (Å²) in [4.78, 5) is 19.7. The van der Waals surface area contributed by atoms with Crippen LogP contribution < -0.4 is 10.6 Å². The first-order chi connectivity index (χ1) is 13.8. The van der Waals surface area contributed by atoms with Crippen LogP contribution in [0.4, 0.5) is 13.2 Å². The molecule has 0 fully saturated rings. The van der Waals surface area contributed by atoms with Crippen LogP contribution in [0, 0.1) is 0 Å². The lowest BCUT2D eigenvalue weighted by atomic mass is 10.1. The second kappa shape index (κ2) is 10.8. The molecule has 29 heavy (non-hydrogen) atoms. The van der Waals surface area contributed by atoms with Crippen LogP contribution in [0.15, 0.2) is 34.6 Å². The molecule has 10 heteroatoms. The molecular formula is C19H23F3N4O2S. The number of nitrogens with zero attached hydrogens (tertiary/aromatic N) is 2. The predicted octanol–water partition coefficient (Wildman–Crippen LogP) is 3.64. The standard InChI is InChI=1S/C19H23F3N4O2S/c1-3-23-18(24-10-9-16-26-15(12-29-16)19(20,21)22)25-11-13-5-7-14(8-6-13)17(27)28-4-2/h5-8,12H,3-4,9-11H2,1-2H3,(H2,23,24,25). The minimum absolute atomic E-state index is 0.321. The Morgan fingerprint density at radius 1 is 1.21 bits per heavy atom. The Morgan fingerprint density at radius 2 is 1.93 bits per heavy atom. The monoisotopic (exact) mass is 428 g/mol. The number of thiazole rings is 1. The second-order valence-electron chi connectivity index (χ2n) is 5.91. The summed E-state index contributed by atoms with van der Waals surface area (Å²) < 4.78 is 42.7. The molecule has 2 rings (SSSR count). The van der Waals surface area contributed by atoms with Crippen molar-refractivity contribution < 1.29 is 22.7 Å². The molecule has 158 valence electrons. The van der Waals surface area contributed by atoms with Crippen LogP contribution in [-0.4, -0.2) is 36.6 Å². The number of nitrogens with one attached hydrogen (secondary N) is 2. The highest BCUT2D eigenvalue weighted by Gasteiger charge is 2.33. The number of halogens is 3. The van der Waals surface area contributed by atoms with Crippen LogP contribution in [0.1, 0.15) is 40.5 Å². The lowest BCUT2D eigenvalue weighted by Gasteiger charge is -2.11. The second-order valence-corrected chi connectivity index (χ2v) is 6.86. The van der Waals surface area contributed by atoms with Gasteiger partial charge in [-0.25, -0.2) is 14.8 Å². The van der Waals surface area contributed by atoms with Crippen LogP contribution >= 0.6 is 11.3 Å². The van der Waals surface area contributed by atoms with Gasteiger partial charge >= 0.3 is 12.1 Å². The maximum atomic E-state index is 12.6. The lowest BCUT2D eigenvalue weighted by molar-refractivity contribution is -0.140. The van der Waals surface area contributed by atoms with Crippen LogP contribution in [0.25, 0.3) is 0 Å². The van der Waals surface area contributed by atoms with Gasteiger partial charge in [0, 0.05) is 24.9 Å². The number of aliphatic imine (C=N–C) groups is 1. The van der Waals surface area contributed by atoms with Crippen LogP contribution in [0.5, 0.6) is 0 Å². The molecule has 0 aliphatic carbocycles. The normalized spacial score (nSPS) is 12.0. The van der Waals surface area contributed by atoms with Crippen molar-refractivity contribution in [2.75, 3.05) is 19.7 Å². The average molecular weight is 428 g/mol. The topological polar surface area (TPSA) is 75.6 Å². The number of aromatic nitrogens is 1. The smallest absolute Gasteiger partial charge is 0.434 e. The highest BCUT2D eigenvalue weighted by atomic mass is 32.1. The van der Waals surface area contributed by atoms with Gasteiger partial charge < -0.3 is 15.4 Å². The molecule has 1 heterocycles. The molecular weight excluding hydrogens is 405 g/mol. The summed E-state index contributed by atoms with van der Waals surface area (Å²) in [5.41, 5.74) is 0.528. The molecule has 2 aromatic rings. The van der Waals surface area contributed by atoms with E-state index >= 15 is 0 Å². The fourth-order valence-corrected chi connectivity index (χ4v) is 3.12. The van der Waals surface area contributed by atoms with Gasteiger partial charge in [-0.3, -0.25) is 0 Å². The molecule has 0 saturated heterocycles. The largest absolute Gasteiger partial charge is 0.462 e. The molecule has 0 saturated carbocycles. The Morgan fingerprint density at radius 3 is 2.52 bits per heavy atom. The van der Waals surface area contributed by atoms with Crippen molar-refractivity contribution in [1.82, 2.24) is 15.6 Å². The Kier molecular flexibility index (Phi) is 8.44. The van der Waals surface area contributed by atoms with E-state index in [9.17, 15) is 18.0 Å². The number of alkyl halides is 3. The number of carbonyl (C=O) groups excluding carboxylic acids is 1. The Labute approximate surface area is 171 Å². The van der Waals surface area contributed by atoms with Crippen molar-refractivity contribution in [3.05, 3.63) is 51.5 Å². The maximum Gasteiger partial charge on any atom is 0.434 e. The highest BCUT2D eigenvalue weighted by molar-refractivity contribution is 7.09. The fraction of sp³-hybridized carbons (Fsp3) is 0.421. The predicted molar refractivity (Wildman–Crippen MR) is 106 cm³/mol. The molecule has 6 nitrogen and oxygen atoms in total. The number of guanidine groups is 1. The van der Waals surface area contributed by atoms with Gasteiger partial charge in [-0.05, 0) is 31.5 Å². The van der Waals surface area contributed by atoms with Gasteiger partial charge in [0.2, 0.25) is 0 Å². The quantitative estimate of drug-likeness (QED) is 0.382. The fourth-order valence-electron chi connectivity index (χ4n) is 2.32. The number of esters is 1. The number of benzene rings is 1. The molecule has 0 radical (unpaired) electrons. The van der Waals surface area contributed by atoms with Gasteiger partial charge in [-0.2, -0.15) is 13.2 Å². The van der Waals surface area contributed by atoms with E-state index in [0.29, 0.717) is 49.2 Å². The zero-order chi connectivity index (χ0) is 21.3. The first-order valence-electron chi connectivity index (χ1n) is 9.13. The van der Waals surface area contributed by atoms with Gasteiger partial charge in [0.1, 0.15) is 0 Å². The summed E-state index contributed by atoms with van der Waals surface area (Å²) in [7, 11) is 0. The summed E-state index contributed by atoms with van der Waals surface area (Å²) in [6.45, 7) is 5.42. The number of rotatable bonds is 8. The first kappa shape index (κ1) is 22.7. The van der Waals surface area contributed by atoms with Crippen LogP contribution in [0.2, 0.25) is 0 Å². The zero-order valence-electron chi connectivity index (χ0n) is 16.2. The SMILES string of the molecule is CCNC(=NCc1ccc(C(=O)OCC)cc1)NCCc1nc(C(F)(F)F)cs1. The Bertz CT molecular complexity index is 820. The molecule has 0 aliphatic heterocycles. The van der Waals surface area contributed by atoms with Crippen molar-refractivity contribution >= 4 is 23.3 Å². The van der Waals surface area contributed by atoms with E-state index in [-0.39, 0.29) is 5.97 Å². The zero-order valence-corrected chi connectivity index (χ0v) is 17.0. The molecule has 0 spiro atoms. The van der Waals surface area contributed by atoms with E-state index in [2.05, 4.69) is 20.6 Å². The molecule has 0 amide bonds. The molecule has 0 atom stereocenters. The maximum absolute atomic E-state index is 12.6. The summed E-state index contributed by atoms with van der Waals surface area (Å²) in [5.74, 6) is 0.183. The van der Waals surface area contributed by atoms with Crippen molar-refractivity contribution in [3.63, 3.8) is 0 Å². The first-order valence-corrected chi connectivity index (χ1v) is 10.0. The third-order valence-electron chi connectivity index (χ3n) is 3.70. The van der Waals surface area contributed by atoms with Crippen molar-refractivity contribution in [1.29, 1.82) is 0 Å². The van der Waals surface area contributed by atoms with E-state index < -0.39 is 11.9 Å². The Hall–Kier alpha value is -2.62. The van der Waals surface area contributed by atoms with Gasteiger partial charge in [0.05, 0.1) is 23.7 Å². The Balaban J connectivity index is 1.89. The summed E-state index contributed by atoms with van der Waals surface area (Å²) in [6.07, 6.45) is -4.05. The number of hydrogen-bond donors (Lipinski definition) is 2. The van der Waals surface area contributed by atoms with E-state index in [0.717, 1.165) is 22.3 Å². The van der Waals surface area contributed by atoms with Gasteiger partial charge in [0.15, 0.2) is 11.7 Å². The van der Waals surface area contributed by atoms with Gasteiger partial charge in [-0.15, -0.1) is 11.3 Å². The highest BCUT2D eigenvalue weighted by Crippen LogP contribution is 2.29. The summed E-state index contributed by atoms with van der Waals surface area (Å²) >= 11 is 0.990. The average Bonchev–Trinajstić information content (AvgIpc) is 3.16. The van der Waals surface area contributed by atoms with Gasteiger partial charge in [0.25, 0.3) is 0 Å². The van der Waals surface area contributed by atoms with Crippen LogP contribution in [-0.2, 0) is 23.9 Å². The number of hydrogen-bond acceptors (Lipinski definition) is 5. The minimum atomic E-state index is -4.42. The molecule has 2 N–H and O–H groups in total. The minimum Gasteiger partial charge on any atom is -0.462 e. The summed E-state index contributed by atoms with van der Waals surface area (Å²) in [6, 6.07) is 6.97. The van der Waals surface area contributed by atoms with Crippen molar-refractivity contribution in [3.8, 4) is 0 Å². The molecule has 0 unspecified atom stereocenters. The lowest BCUT2D eigenvalue weighted by Crippen LogP contribution is -2.38. The third kappa shape index (κ3) is 7.37. The number of carbonyl (C=O) groups is 1. The molecule has 1 aromatic carbocycles. The van der Waals surface area contributed by atoms with E-state index in [1.165, 1.54) is 0 Å². The van der Waals surface area contributed by atoms with E-state index in [1.54, 1.807) is 31.2 Å². The molecule has 0 bridgehead atoms. The van der Waals surface area contributed by atoms with E-state index in [4.69, 9.17) is 4.74 Å². The van der Waals surface area contributed by atoms with Crippen LogP contribution in [0.3, 0.4) is 0 Å². The van der Waals surface area contributed by atoms with Crippen molar-refractivity contribution in [2.24, 2.45) is 4.99 Å². The van der Waals surface area contributed by atoms with E-state index in [1.807, 2.05) is 6.92 Å². The van der Waals surface area contributed by atoms with Crippen molar-refractivity contribution in [2.45, 2.75) is 33.0 Å². The van der Waals surface area contributed by atoms with Gasteiger partial charge in [-0.1, -0.05) is 12.1 Å². The summed E-state index contributed by atoms with van der Waals surface area (Å²) in [5, 5.41) is 7.60. The molecule has 1 aromatic heterocycles.